The number of halogens is 2. The van der Waals surface area contributed by atoms with Gasteiger partial charge in [-0.25, -0.2) is 8.78 Å². The van der Waals surface area contributed by atoms with E-state index in [1.54, 1.807) is 0 Å². The summed E-state index contributed by atoms with van der Waals surface area (Å²) in [4.78, 5) is 12.8. The maximum atomic E-state index is 13.2. The Bertz CT molecular complexity index is 402. The van der Waals surface area contributed by atoms with Crippen LogP contribution in [-0.4, -0.2) is 35.1 Å². The van der Waals surface area contributed by atoms with Crippen molar-refractivity contribution in [2.24, 2.45) is 0 Å². The van der Waals surface area contributed by atoms with E-state index in [-0.39, 0.29) is 18.7 Å². The average molecular weight is 213 g/mol. The minimum absolute atomic E-state index is 0.175. The van der Waals surface area contributed by atoms with Crippen LogP contribution in [0.3, 0.4) is 0 Å². The number of amides is 1. The van der Waals surface area contributed by atoms with Crippen molar-refractivity contribution in [3.05, 3.63) is 35.4 Å². The zero-order valence-electron chi connectivity index (χ0n) is 7.78. The second kappa shape index (κ2) is 3.58. The third kappa shape index (κ3) is 1.83. The molecule has 0 saturated carbocycles. The van der Waals surface area contributed by atoms with E-state index in [9.17, 15) is 13.6 Å². The van der Waals surface area contributed by atoms with E-state index in [1.807, 2.05) is 0 Å². The summed E-state index contributed by atoms with van der Waals surface area (Å²) in [6, 6.07) is 2.73. The third-order valence-corrected chi connectivity index (χ3v) is 2.31. The second-order valence-electron chi connectivity index (χ2n) is 3.49. The number of hydrogen-bond acceptors (Lipinski definition) is 2. The van der Waals surface area contributed by atoms with Gasteiger partial charge in [0.15, 0.2) is 0 Å². The predicted octanol–water partition coefficient (Wildman–Crippen LogP) is 0.782. The monoisotopic (exact) mass is 213 g/mol. The van der Waals surface area contributed by atoms with Crippen LogP contribution in [0.2, 0.25) is 0 Å². The first kappa shape index (κ1) is 10.0. The number of aliphatic hydroxyl groups excluding tert-OH is 1. The Balaban J connectivity index is 2.22. The molecule has 1 aliphatic rings. The minimum atomic E-state index is -0.747. The lowest BCUT2D eigenvalue weighted by Crippen LogP contribution is -2.53. The SMILES string of the molecule is O=C(c1cc(F)ccc1F)N1CC(O)C1. The Labute approximate surface area is 84.9 Å². The molecule has 1 saturated heterocycles. The fourth-order valence-electron chi connectivity index (χ4n) is 1.45. The van der Waals surface area contributed by atoms with Gasteiger partial charge in [-0.3, -0.25) is 4.79 Å². The Morgan fingerprint density at radius 3 is 2.67 bits per heavy atom. The molecule has 15 heavy (non-hydrogen) atoms. The van der Waals surface area contributed by atoms with E-state index in [0.717, 1.165) is 18.2 Å². The topological polar surface area (TPSA) is 40.5 Å². The van der Waals surface area contributed by atoms with Crippen LogP contribution in [0, 0.1) is 11.6 Å². The van der Waals surface area contributed by atoms with E-state index < -0.39 is 23.6 Å². The summed E-state index contributed by atoms with van der Waals surface area (Å²) in [5, 5.41) is 8.98. The molecule has 1 aromatic carbocycles. The molecule has 0 atom stereocenters. The highest BCUT2D eigenvalue weighted by molar-refractivity contribution is 5.95. The van der Waals surface area contributed by atoms with Gasteiger partial charge in [0.25, 0.3) is 5.91 Å². The molecule has 1 fully saturated rings. The fourth-order valence-corrected chi connectivity index (χ4v) is 1.45. The summed E-state index contributed by atoms with van der Waals surface area (Å²) in [5.41, 5.74) is -0.290. The molecule has 0 aromatic heterocycles. The average Bonchev–Trinajstić information content (AvgIpc) is 2.16. The van der Waals surface area contributed by atoms with Crippen LogP contribution in [0.25, 0.3) is 0 Å². The molecule has 1 amide bonds. The van der Waals surface area contributed by atoms with E-state index in [2.05, 4.69) is 0 Å². The number of β-amino-alcohol motifs (C(OH)–C–C–N with tert-alkyl or cyclic N) is 1. The zero-order valence-corrected chi connectivity index (χ0v) is 7.78. The summed E-state index contributed by atoms with van der Waals surface area (Å²) in [7, 11) is 0. The van der Waals surface area contributed by atoms with Crippen LogP contribution < -0.4 is 0 Å². The summed E-state index contributed by atoms with van der Waals surface area (Å²) in [6.07, 6.45) is -0.550. The molecule has 1 aromatic rings. The van der Waals surface area contributed by atoms with Crippen molar-refractivity contribution in [3.63, 3.8) is 0 Å². The van der Waals surface area contributed by atoms with Gasteiger partial charge >= 0.3 is 0 Å². The fraction of sp³-hybridized carbons (Fsp3) is 0.300. The number of likely N-dealkylation sites (tertiary alicyclic amines) is 1. The number of aliphatic hydroxyl groups is 1. The smallest absolute Gasteiger partial charge is 0.257 e. The van der Waals surface area contributed by atoms with Crippen LogP contribution in [0.4, 0.5) is 8.78 Å². The van der Waals surface area contributed by atoms with Gasteiger partial charge in [0.1, 0.15) is 11.6 Å². The van der Waals surface area contributed by atoms with Crippen molar-refractivity contribution in [1.82, 2.24) is 4.90 Å². The first-order valence-electron chi connectivity index (χ1n) is 4.50. The second-order valence-corrected chi connectivity index (χ2v) is 3.49. The molecule has 1 heterocycles. The van der Waals surface area contributed by atoms with E-state index in [0.29, 0.717) is 0 Å². The van der Waals surface area contributed by atoms with Crippen molar-refractivity contribution in [1.29, 1.82) is 0 Å². The van der Waals surface area contributed by atoms with E-state index in [1.165, 1.54) is 4.90 Å². The first-order chi connectivity index (χ1) is 7.08. The van der Waals surface area contributed by atoms with Gasteiger partial charge in [0, 0.05) is 13.1 Å². The lowest BCUT2D eigenvalue weighted by molar-refractivity contribution is 0.00556. The lowest BCUT2D eigenvalue weighted by atomic mass is 10.1. The number of benzene rings is 1. The number of hydrogen-bond donors (Lipinski definition) is 1. The molecule has 3 nitrogen and oxygen atoms in total. The molecule has 1 aliphatic heterocycles. The number of carbonyl (C=O) groups excluding carboxylic acids is 1. The van der Waals surface area contributed by atoms with Crippen molar-refractivity contribution in [2.75, 3.05) is 13.1 Å². The Morgan fingerprint density at radius 2 is 2.07 bits per heavy atom. The van der Waals surface area contributed by atoms with Gasteiger partial charge in [-0.1, -0.05) is 0 Å². The summed E-state index contributed by atoms with van der Waals surface area (Å²) in [5.74, 6) is -1.99. The largest absolute Gasteiger partial charge is 0.389 e. The quantitative estimate of drug-likeness (QED) is 0.749. The van der Waals surface area contributed by atoms with Crippen molar-refractivity contribution in [3.8, 4) is 0 Å². The maximum absolute atomic E-state index is 13.2. The summed E-state index contributed by atoms with van der Waals surface area (Å²) >= 11 is 0. The van der Waals surface area contributed by atoms with Crippen molar-refractivity contribution < 1.29 is 18.7 Å². The summed E-state index contributed by atoms with van der Waals surface area (Å²) < 4.78 is 25.9. The highest BCUT2D eigenvalue weighted by Crippen LogP contribution is 2.16. The number of rotatable bonds is 1. The Kier molecular flexibility index (Phi) is 2.40. The van der Waals surface area contributed by atoms with Crippen molar-refractivity contribution >= 4 is 5.91 Å². The maximum Gasteiger partial charge on any atom is 0.257 e. The Morgan fingerprint density at radius 1 is 1.40 bits per heavy atom. The van der Waals surface area contributed by atoms with Crippen LogP contribution in [0.1, 0.15) is 10.4 Å². The molecule has 5 heteroatoms. The predicted molar refractivity (Wildman–Crippen MR) is 48.3 cm³/mol. The first-order valence-corrected chi connectivity index (χ1v) is 4.50. The molecular weight excluding hydrogens is 204 g/mol. The van der Waals surface area contributed by atoms with E-state index >= 15 is 0 Å². The van der Waals surface area contributed by atoms with Gasteiger partial charge in [-0.15, -0.1) is 0 Å². The molecule has 0 aliphatic carbocycles. The van der Waals surface area contributed by atoms with Gasteiger partial charge in [-0.2, -0.15) is 0 Å². The molecule has 1 N–H and O–H groups in total. The third-order valence-electron chi connectivity index (χ3n) is 2.31. The van der Waals surface area contributed by atoms with E-state index in [4.69, 9.17) is 5.11 Å². The highest BCUT2D eigenvalue weighted by atomic mass is 19.1. The molecule has 80 valence electrons. The van der Waals surface area contributed by atoms with Crippen LogP contribution in [0.5, 0.6) is 0 Å². The Hall–Kier alpha value is -1.49. The minimum Gasteiger partial charge on any atom is -0.389 e. The van der Waals surface area contributed by atoms with Crippen molar-refractivity contribution in [2.45, 2.75) is 6.10 Å². The van der Waals surface area contributed by atoms with Gasteiger partial charge in [0.2, 0.25) is 0 Å². The van der Waals surface area contributed by atoms with Crippen LogP contribution in [-0.2, 0) is 0 Å². The highest BCUT2D eigenvalue weighted by Gasteiger charge is 2.30. The summed E-state index contributed by atoms with van der Waals surface area (Å²) in [6.45, 7) is 0.351. The van der Waals surface area contributed by atoms with Crippen LogP contribution >= 0.6 is 0 Å². The zero-order chi connectivity index (χ0) is 11.0. The number of nitrogens with zero attached hydrogens (tertiary/aromatic N) is 1. The molecule has 0 spiro atoms. The van der Waals surface area contributed by atoms with Crippen LogP contribution in [0.15, 0.2) is 18.2 Å². The molecule has 0 bridgehead atoms. The van der Waals surface area contributed by atoms with Gasteiger partial charge in [-0.05, 0) is 18.2 Å². The molecular formula is C10H9F2NO2. The molecule has 0 radical (unpaired) electrons. The van der Waals surface area contributed by atoms with Gasteiger partial charge in [0.05, 0.1) is 11.7 Å². The number of carbonyl (C=O) groups is 1. The lowest BCUT2D eigenvalue weighted by Gasteiger charge is -2.35. The molecule has 0 unspecified atom stereocenters. The normalized spacial score (nSPS) is 16.3. The molecule has 2 rings (SSSR count). The standard InChI is InChI=1S/C10H9F2NO2/c11-6-1-2-9(12)8(3-6)10(15)13-4-7(14)5-13/h1-3,7,14H,4-5H2. The van der Waals surface area contributed by atoms with Gasteiger partial charge < -0.3 is 10.0 Å².